The summed E-state index contributed by atoms with van der Waals surface area (Å²) >= 11 is 0. The third-order valence-corrected chi connectivity index (χ3v) is 4.28. The molecule has 1 heterocycles. The number of likely N-dealkylation sites (tertiary alicyclic amines) is 1. The Morgan fingerprint density at radius 3 is 2.70 bits per heavy atom. The van der Waals surface area contributed by atoms with Gasteiger partial charge >= 0.3 is 0 Å². The molecule has 0 radical (unpaired) electrons. The maximum atomic E-state index is 12.5. The third-order valence-electron chi connectivity index (χ3n) is 4.28. The zero-order chi connectivity index (χ0) is 14.6. The molecule has 1 aliphatic heterocycles. The largest absolute Gasteiger partial charge is 0.342 e. The lowest BCUT2D eigenvalue weighted by Crippen LogP contribution is -2.34. The molecule has 0 aliphatic carbocycles. The fourth-order valence-electron chi connectivity index (χ4n) is 3.00. The SMILES string of the molecule is CNCC1CCN(C(=O)CC(C)(C)c2ccccc2)C1. The van der Waals surface area contributed by atoms with Gasteiger partial charge in [-0.15, -0.1) is 0 Å². The highest BCUT2D eigenvalue weighted by molar-refractivity contribution is 5.78. The van der Waals surface area contributed by atoms with Crippen molar-refractivity contribution in [1.29, 1.82) is 0 Å². The van der Waals surface area contributed by atoms with Gasteiger partial charge in [0.25, 0.3) is 0 Å². The number of carbonyl (C=O) groups is 1. The van der Waals surface area contributed by atoms with Crippen LogP contribution in [0.3, 0.4) is 0 Å². The molecule has 110 valence electrons. The number of rotatable bonds is 5. The molecular weight excluding hydrogens is 248 g/mol. The van der Waals surface area contributed by atoms with Gasteiger partial charge in [0.1, 0.15) is 0 Å². The molecule has 0 aromatic heterocycles. The molecule has 3 heteroatoms. The van der Waals surface area contributed by atoms with Crippen LogP contribution in [0.2, 0.25) is 0 Å². The summed E-state index contributed by atoms with van der Waals surface area (Å²) in [5.41, 5.74) is 1.14. The molecule has 20 heavy (non-hydrogen) atoms. The van der Waals surface area contributed by atoms with E-state index in [1.54, 1.807) is 0 Å². The second-order valence-corrected chi connectivity index (χ2v) is 6.48. The third kappa shape index (κ3) is 3.60. The van der Waals surface area contributed by atoms with Crippen molar-refractivity contribution in [1.82, 2.24) is 10.2 Å². The summed E-state index contributed by atoms with van der Waals surface area (Å²) in [6.07, 6.45) is 1.71. The smallest absolute Gasteiger partial charge is 0.223 e. The molecule has 0 bridgehead atoms. The highest BCUT2D eigenvalue weighted by Crippen LogP contribution is 2.28. The second-order valence-electron chi connectivity index (χ2n) is 6.48. The van der Waals surface area contributed by atoms with Crippen molar-refractivity contribution in [3.63, 3.8) is 0 Å². The molecule has 2 rings (SSSR count). The van der Waals surface area contributed by atoms with Crippen molar-refractivity contribution in [2.75, 3.05) is 26.7 Å². The molecular formula is C17H26N2O. The number of nitrogens with zero attached hydrogens (tertiary/aromatic N) is 1. The average molecular weight is 274 g/mol. The van der Waals surface area contributed by atoms with Crippen LogP contribution in [0.1, 0.15) is 32.3 Å². The number of amides is 1. The average Bonchev–Trinajstić information content (AvgIpc) is 2.88. The van der Waals surface area contributed by atoms with Gasteiger partial charge in [-0.25, -0.2) is 0 Å². The fourth-order valence-corrected chi connectivity index (χ4v) is 3.00. The van der Waals surface area contributed by atoms with E-state index in [4.69, 9.17) is 0 Å². The van der Waals surface area contributed by atoms with Gasteiger partial charge in [-0.1, -0.05) is 44.2 Å². The van der Waals surface area contributed by atoms with Gasteiger partial charge < -0.3 is 10.2 Å². The standard InChI is InChI=1S/C17H26N2O/c1-17(2,15-7-5-4-6-8-15)11-16(20)19-10-9-14(13-19)12-18-3/h4-8,14,18H,9-13H2,1-3H3. The van der Waals surface area contributed by atoms with E-state index < -0.39 is 0 Å². The Bertz CT molecular complexity index is 442. The second kappa shape index (κ2) is 6.40. The van der Waals surface area contributed by atoms with E-state index in [-0.39, 0.29) is 11.3 Å². The Labute approximate surface area is 122 Å². The van der Waals surface area contributed by atoms with E-state index in [2.05, 4.69) is 31.3 Å². The molecule has 1 unspecified atom stereocenters. The van der Waals surface area contributed by atoms with Gasteiger partial charge in [0.15, 0.2) is 0 Å². The molecule has 1 aromatic carbocycles. The van der Waals surface area contributed by atoms with E-state index >= 15 is 0 Å². The maximum absolute atomic E-state index is 12.5. The summed E-state index contributed by atoms with van der Waals surface area (Å²) in [7, 11) is 1.98. The Morgan fingerprint density at radius 2 is 2.05 bits per heavy atom. The van der Waals surface area contributed by atoms with Crippen LogP contribution in [0, 0.1) is 5.92 Å². The minimum atomic E-state index is -0.0978. The van der Waals surface area contributed by atoms with Crippen LogP contribution >= 0.6 is 0 Å². The van der Waals surface area contributed by atoms with Crippen LogP contribution in [0.5, 0.6) is 0 Å². The van der Waals surface area contributed by atoms with Gasteiger partial charge in [0.2, 0.25) is 5.91 Å². The summed E-state index contributed by atoms with van der Waals surface area (Å²) in [4.78, 5) is 14.5. The van der Waals surface area contributed by atoms with Crippen molar-refractivity contribution in [3.05, 3.63) is 35.9 Å². The van der Waals surface area contributed by atoms with Crippen LogP contribution in [0.4, 0.5) is 0 Å². The topological polar surface area (TPSA) is 32.3 Å². The zero-order valence-electron chi connectivity index (χ0n) is 12.9. The van der Waals surface area contributed by atoms with Gasteiger partial charge in [0.05, 0.1) is 0 Å². The molecule has 1 fully saturated rings. The van der Waals surface area contributed by atoms with Crippen molar-refractivity contribution in [2.24, 2.45) is 5.92 Å². The maximum Gasteiger partial charge on any atom is 0.223 e. The normalized spacial score (nSPS) is 19.4. The van der Waals surface area contributed by atoms with Crippen LogP contribution in [-0.2, 0) is 10.2 Å². The van der Waals surface area contributed by atoms with Crippen molar-refractivity contribution in [3.8, 4) is 0 Å². The number of hydrogen-bond acceptors (Lipinski definition) is 2. The number of hydrogen-bond donors (Lipinski definition) is 1. The van der Waals surface area contributed by atoms with E-state index in [9.17, 15) is 4.79 Å². The molecule has 0 saturated carbocycles. The summed E-state index contributed by atoms with van der Waals surface area (Å²) in [6, 6.07) is 10.3. The quantitative estimate of drug-likeness (QED) is 0.894. The molecule has 3 nitrogen and oxygen atoms in total. The summed E-state index contributed by atoms with van der Waals surface area (Å²) in [5, 5.41) is 3.21. The zero-order valence-corrected chi connectivity index (χ0v) is 12.9. The number of carbonyl (C=O) groups excluding carboxylic acids is 1. The highest BCUT2D eigenvalue weighted by Gasteiger charge is 2.30. The first-order valence-corrected chi connectivity index (χ1v) is 7.51. The van der Waals surface area contributed by atoms with E-state index in [1.807, 2.05) is 30.1 Å². The summed E-state index contributed by atoms with van der Waals surface area (Å²) < 4.78 is 0. The van der Waals surface area contributed by atoms with E-state index in [0.29, 0.717) is 12.3 Å². The molecule has 1 aromatic rings. The predicted octanol–water partition coefficient (Wildman–Crippen LogP) is 2.42. The Kier molecular flexibility index (Phi) is 4.81. The van der Waals surface area contributed by atoms with Gasteiger partial charge in [-0.3, -0.25) is 4.79 Å². The van der Waals surface area contributed by atoms with E-state index in [0.717, 1.165) is 26.1 Å². The Morgan fingerprint density at radius 1 is 1.35 bits per heavy atom. The Balaban J connectivity index is 1.95. The lowest BCUT2D eigenvalue weighted by molar-refractivity contribution is -0.131. The fraction of sp³-hybridized carbons (Fsp3) is 0.588. The van der Waals surface area contributed by atoms with Crippen LogP contribution in [0.15, 0.2) is 30.3 Å². The first-order chi connectivity index (χ1) is 9.53. The lowest BCUT2D eigenvalue weighted by Gasteiger charge is -2.27. The summed E-state index contributed by atoms with van der Waals surface area (Å²) in [5.74, 6) is 0.904. The molecule has 1 amide bonds. The van der Waals surface area contributed by atoms with Gasteiger partial charge in [0, 0.05) is 19.5 Å². The molecule has 0 spiro atoms. The van der Waals surface area contributed by atoms with Crippen molar-refractivity contribution >= 4 is 5.91 Å². The monoisotopic (exact) mass is 274 g/mol. The number of nitrogens with one attached hydrogen (secondary N) is 1. The van der Waals surface area contributed by atoms with Gasteiger partial charge in [-0.05, 0) is 36.9 Å². The first kappa shape index (κ1) is 15.0. The van der Waals surface area contributed by atoms with Crippen molar-refractivity contribution in [2.45, 2.75) is 32.1 Å². The minimum absolute atomic E-state index is 0.0978. The van der Waals surface area contributed by atoms with E-state index in [1.165, 1.54) is 5.56 Å². The number of benzene rings is 1. The van der Waals surface area contributed by atoms with Gasteiger partial charge in [-0.2, -0.15) is 0 Å². The lowest BCUT2D eigenvalue weighted by atomic mass is 9.81. The van der Waals surface area contributed by atoms with Crippen LogP contribution < -0.4 is 5.32 Å². The van der Waals surface area contributed by atoms with Crippen LogP contribution in [-0.4, -0.2) is 37.5 Å². The summed E-state index contributed by atoms with van der Waals surface area (Å²) in [6.45, 7) is 7.13. The van der Waals surface area contributed by atoms with Crippen LogP contribution in [0.25, 0.3) is 0 Å². The predicted molar refractivity (Wildman–Crippen MR) is 82.7 cm³/mol. The van der Waals surface area contributed by atoms with Crippen molar-refractivity contribution < 1.29 is 4.79 Å². The highest BCUT2D eigenvalue weighted by atomic mass is 16.2. The molecule has 1 atom stereocenters. The minimum Gasteiger partial charge on any atom is -0.342 e. The Hall–Kier alpha value is -1.35. The molecule has 1 saturated heterocycles. The molecule has 1 aliphatic rings. The molecule has 1 N–H and O–H groups in total. The first-order valence-electron chi connectivity index (χ1n) is 7.51.